The van der Waals surface area contributed by atoms with E-state index in [1.807, 2.05) is 12.3 Å². The van der Waals surface area contributed by atoms with Gasteiger partial charge in [-0.05, 0) is 19.3 Å². The van der Waals surface area contributed by atoms with Crippen LogP contribution >= 0.6 is 23.1 Å². The Kier molecular flexibility index (Phi) is 5.03. The van der Waals surface area contributed by atoms with E-state index in [-0.39, 0.29) is 24.4 Å². The number of esters is 1. The first-order chi connectivity index (χ1) is 10.7. The molecule has 120 valence electrons. The lowest BCUT2D eigenvalue weighted by Crippen LogP contribution is -2.46. The summed E-state index contributed by atoms with van der Waals surface area (Å²) in [5.41, 5.74) is 0.790. The number of aromatic nitrogens is 1. The Morgan fingerprint density at radius 1 is 1.45 bits per heavy atom. The lowest BCUT2D eigenvalue weighted by Gasteiger charge is -2.31. The maximum absolute atomic E-state index is 12.4. The molecule has 1 amide bonds. The smallest absolute Gasteiger partial charge is 0.330 e. The molecule has 0 N–H and O–H groups in total. The van der Waals surface area contributed by atoms with Crippen molar-refractivity contribution < 1.29 is 14.3 Å². The molecule has 2 fully saturated rings. The minimum atomic E-state index is -0.428. The zero-order chi connectivity index (χ0) is 15.5. The molecule has 7 heteroatoms. The number of aryl methyl sites for hydroxylation is 1. The Labute approximate surface area is 138 Å². The average molecular weight is 340 g/mol. The molecule has 1 aliphatic heterocycles. The van der Waals surface area contributed by atoms with Crippen molar-refractivity contribution in [3.8, 4) is 0 Å². The second-order valence-electron chi connectivity index (χ2n) is 5.65. The highest BCUT2D eigenvalue weighted by molar-refractivity contribution is 7.99. The van der Waals surface area contributed by atoms with Crippen LogP contribution in [0.25, 0.3) is 0 Å². The topological polar surface area (TPSA) is 59.5 Å². The number of hydrogen-bond donors (Lipinski definition) is 0. The number of nitrogens with zero attached hydrogens (tertiary/aromatic N) is 2. The Balaban J connectivity index is 1.55. The van der Waals surface area contributed by atoms with Gasteiger partial charge in [-0.2, -0.15) is 0 Å². The van der Waals surface area contributed by atoms with Gasteiger partial charge in [0.05, 0.1) is 16.6 Å². The number of carbonyl (C=O) groups is 2. The van der Waals surface area contributed by atoms with E-state index >= 15 is 0 Å². The first-order valence-corrected chi connectivity index (χ1v) is 9.70. The van der Waals surface area contributed by atoms with Crippen LogP contribution in [0.2, 0.25) is 0 Å². The van der Waals surface area contributed by atoms with E-state index < -0.39 is 6.04 Å². The molecule has 1 saturated heterocycles. The molecular formula is C15H20N2O3S2. The Morgan fingerprint density at radius 2 is 2.27 bits per heavy atom. The van der Waals surface area contributed by atoms with E-state index in [4.69, 9.17) is 4.74 Å². The highest BCUT2D eigenvalue weighted by Gasteiger charge is 2.40. The number of thioether (sulfide) groups is 1. The van der Waals surface area contributed by atoms with Gasteiger partial charge in [0.15, 0.2) is 0 Å². The summed E-state index contributed by atoms with van der Waals surface area (Å²) >= 11 is 3.20. The van der Waals surface area contributed by atoms with Crippen molar-refractivity contribution in [2.45, 2.75) is 45.3 Å². The number of hydrogen-bond acceptors (Lipinski definition) is 6. The molecule has 2 heterocycles. The van der Waals surface area contributed by atoms with Crippen LogP contribution < -0.4 is 0 Å². The summed E-state index contributed by atoms with van der Waals surface area (Å²) in [6.07, 6.45) is 3.93. The number of carbonyl (C=O) groups excluding carboxylic acids is 2. The quantitative estimate of drug-likeness (QED) is 0.771. The van der Waals surface area contributed by atoms with Crippen LogP contribution in [0.3, 0.4) is 0 Å². The number of thiazole rings is 1. The summed E-state index contributed by atoms with van der Waals surface area (Å²) in [7, 11) is 0. The minimum absolute atomic E-state index is 0.125. The van der Waals surface area contributed by atoms with Crippen LogP contribution in [0, 0.1) is 5.92 Å². The molecule has 1 aliphatic carbocycles. The molecular weight excluding hydrogens is 320 g/mol. The Morgan fingerprint density at radius 3 is 2.91 bits per heavy atom. The van der Waals surface area contributed by atoms with E-state index in [0.717, 1.165) is 36.4 Å². The fourth-order valence-electron chi connectivity index (χ4n) is 2.56. The first-order valence-electron chi connectivity index (χ1n) is 7.67. The van der Waals surface area contributed by atoms with Crippen molar-refractivity contribution >= 4 is 35.0 Å². The van der Waals surface area contributed by atoms with Crippen molar-refractivity contribution in [1.29, 1.82) is 0 Å². The van der Waals surface area contributed by atoms with Crippen molar-refractivity contribution in [1.82, 2.24) is 9.88 Å². The van der Waals surface area contributed by atoms with Crippen LogP contribution in [0.15, 0.2) is 5.38 Å². The van der Waals surface area contributed by atoms with Crippen LogP contribution in [-0.4, -0.2) is 39.4 Å². The summed E-state index contributed by atoms with van der Waals surface area (Å²) in [4.78, 5) is 30.7. The van der Waals surface area contributed by atoms with Crippen LogP contribution in [0.4, 0.5) is 0 Å². The van der Waals surface area contributed by atoms with Crippen LogP contribution in [0.1, 0.15) is 36.9 Å². The molecule has 1 aromatic rings. The number of ether oxygens (including phenoxy) is 1. The average Bonchev–Trinajstić information content (AvgIpc) is 3.11. The third-order valence-corrected chi connectivity index (χ3v) is 6.21. The Hall–Kier alpha value is -1.08. The van der Waals surface area contributed by atoms with E-state index in [0.29, 0.717) is 11.6 Å². The molecule has 0 radical (unpaired) electrons. The molecule has 3 rings (SSSR count). The zero-order valence-corrected chi connectivity index (χ0v) is 14.3. The molecule has 0 spiro atoms. The summed E-state index contributed by atoms with van der Waals surface area (Å²) in [6, 6.07) is -0.428. The van der Waals surface area contributed by atoms with Gasteiger partial charge in [-0.3, -0.25) is 4.79 Å². The Bertz CT molecular complexity index is 557. The van der Waals surface area contributed by atoms with Gasteiger partial charge in [-0.25, -0.2) is 9.78 Å². The molecule has 0 aromatic carbocycles. The summed E-state index contributed by atoms with van der Waals surface area (Å²) < 4.78 is 5.38. The molecule has 5 nitrogen and oxygen atoms in total. The van der Waals surface area contributed by atoms with Gasteiger partial charge in [0, 0.05) is 17.1 Å². The normalized spacial score (nSPS) is 21.7. The monoisotopic (exact) mass is 340 g/mol. The highest BCUT2D eigenvalue weighted by atomic mass is 32.2. The third-order valence-electron chi connectivity index (χ3n) is 4.16. The van der Waals surface area contributed by atoms with E-state index in [2.05, 4.69) is 4.98 Å². The van der Waals surface area contributed by atoms with E-state index in [9.17, 15) is 9.59 Å². The fraction of sp³-hybridized carbons (Fsp3) is 0.667. The predicted octanol–water partition coefficient (Wildman–Crippen LogP) is 2.45. The van der Waals surface area contributed by atoms with Crippen molar-refractivity contribution in [2.75, 3.05) is 11.6 Å². The van der Waals surface area contributed by atoms with Gasteiger partial charge in [0.1, 0.15) is 12.6 Å². The maximum Gasteiger partial charge on any atom is 0.330 e. The predicted molar refractivity (Wildman–Crippen MR) is 86.6 cm³/mol. The van der Waals surface area contributed by atoms with Gasteiger partial charge >= 0.3 is 5.97 Å². The molecule has 1 unspecified atom stereocenters. The third kappa shape index (κ3) is 3.30. The van der Waals surface area contributed by atoms with Crippen molar-refractivity contribution in [3.63, 3.8) is 0 Å². The van der Waals surface area contributed by atoms with Gasteiger partial charge in [0.2, 0.25) is 5.91 Å². The van der Waals surface area contributed by atoms with E-state index in [1.165, 1.54) is 0 Å². The fourth-order valence-corrected chi connectivity index (χ4v) is 4.44. The first kappa shape index (κ1) is 15.8. The van der Waals surface area contributed by atoms with Gasteiger partial charge in [-0.15, -0.1) is 23.1 Å². The second kappa shape index (κ2) is 7.00. The molecule has 0 bridgehead atoms. The molecule has 1 saturated carbocycles. The highest BCUT2D eigenvalue weighted by Crippen LogP contribution is 2.32. The lowest BCUT2D eigenvalue weighted by atomic mass is 9.84. The zero-order valence-electron chi connectivity index (χ0n) is 12.6. The summed E-state index contributed by atoms with van der Waals surface area (Å²) in [5.74, 6) is 1.18. The molecule has 2 aliphatic rings. The van der Waals surface area contributed by atoms with Gasteiger partial charge < -0.3 is 9.64 Å². The van der Waals surface area contributed by atoms with Gasteiger partial charge in [-0.1, -0.05) is 13.3 Å². The lowest BCUT2D eigenvalue weighted by molar-refractivity contribution is -0.156. The standard InChI is InChI=1S/C15H20N2O3S2/c1-2-13-16-11(7-22-13)6-20-15(19)12-8-21-9-17(12)14(18)10-4-3-5-10/h7,10,12H,2-6,8-9H2,1H3. The second-order valence-corrected chi connectivity index (χ2v) is 7.59. The van der Waals surface area contributed by atoms with Crippen molar-refractivity contribution in [2.24, 2.45) is 5.92 Å². The largest absolute Gasteiger partial charge is 0.458 e. The molecule has 1 aromatic heterocycles. The SMILES string of the molecule is CCc1nc(COC(=O)C2CSCN2C(=O)C2CCC2)cs1. The summed E-state index contributed by atoms with van der Waals surface area (Å²) in [6.45, 7) is 2.25. The molecule has 22 heavy (non-hydrogen) atoms. The van der Waals surface area contributed by atoms with Crippen LogP contribution in [0.5, 0.6) is 0 Å². The van der Waals surface area contributed by atoms with Crippen LogP contribution in [-0.2, 0) is 27.4 Å². The maximum atomic E-state index is 12.4. The van der Waals surface area contributed by atoms with Crippen molar-refractivity contribution in [3.05, 3.63) is 16.1 Å². The molecule has 1 atom stereocenters. The number of amides is 1. The van der Waals surface area contributed by atoms with E-state index in [1.54, 1.807) is 28.0 Å². The minimum Gasteiger partial charge on any atom is -0.458 e. The van der Waals surface area contributed by atoms with Gasteiger partial charge in [0.25, 0.3) is 0 Å². The summed E-state index contributed by atoms with van der Waals surface area (Å²) in [5, 5.41) is 2.97. The number of rotatable bonds is 5.